The summed E-state index contributed by atoms with van der Waals surface area (Å²) in [4.78, 5) is 27.4. The van der Waals surface area contributed by atoms with Gasteiger partial charge < -0.3 is 4.90 Å². The highest BCUT2D eigenvalue weighted by molar-refractivity contribution is 5.78. The fourth-order valence-corrected chi connectivity index (χ4v) is 3.74. The zero-order chi connectivity index (χ0) is 20.0. The quantitative estimate of drug-likeness (QED) is 0.693. The van der Waals surface area contributed by atoms with Crippen molar-refractivity contribution >= 4 is 22.9 Å². The second kappa shape index (κ2) is 6.77. The fourth-order valence-electron chi connectivity index (χ4n) is 3.74. The summed E-state index contributed by atoms with van der Waals surface area (Å²) in [6.45, 7) is 0.0978. The van der Waals surface area contributed by atoms with E-state index in [0.717, 1.165) is 11.1 Å². The van der Waals surface area contributed by atoms with Gasteiger partial charge >= 0.3 is 0 Å². The molecule has 2 unspecified atom stereocenters. The topological polar surface area (TPSA) is 63.4 Å². The Kier molecular flexibility index (Phi) is 4.08. The van der Waals surface area contributed by atoms with Gasteiger partial charge in [0.1, 0.15) is 5.82 Å². The molecule has 3 aromatic rings. The summed E-state index contributed by atoms with van der Waals surface area (Å²) in [5.41, 5.74) is 2.70. The maximum Gasteiger partial charge on any atom is 0.280 e. The van der Waals surface area contributed by atoms with Gasteiger partial charge in [0.05, 0.1) is 36.8 Å². The number of allylic oxidation sites excluding steroid dienone is 2. The molecule has 3 heterocycles. The lowest BCUT2D eigenvalue weighted by molar-refractivity contribution is 0.446. The van der Waals surface area contributed by atoms with E-state index in [1.54, 1.807) is 24.4 Å². The van der Waals surface area contributed by atoms with E-state index >= 15 is 0 Å². The highest BCUT2D eigenvalue weighted by Crippen LogP contribution is 2.28. The Morgan fingerprint density at radius 3 is 2.97 bits per heavy atom. The number of fused-ring (bicyclic) bond motifs is 2. The third-order valence-electron chi connectivity index (χ3n) is 5.38. The minimum absolute atomic E-state index is 0.0978. The molecule has 1 aliphatic carbocycles. The van der Waals surface area contributed by atoms with E-state index in [9.17, 15) is 9.18 Å². The van der Waals surface area contributed by atoms with Gasteiger partial charge in [-0.25, -0.2) is 14.4 Å². The number of nitrogens with zero attached hydrogens (tertiary/aromatic N) is 5. The molecule has 0 spiro atoms. The average molecular weight is 387 g/mol. The monoisotopic (exact) mass is 387 g/mol. The predicted octanol–water partition coefficient (Wildman–Crippen LogP) is 2.64. The number of aromatic nitrogens is 3. The summed E-state index contributed by atoms with van der Waals surface area (Å²) in [5, 5.41) is 0. The van der Waals surface area contributed by atoms with Crippen LogP contribution in [-0.2, 0) is 6.54 Å². The van der Waals surface area contributed by atoms with Gasteiger partial charge in [-0.15, -0.1) is 0 Å². The minimum atomic E-state index is -0.358. The first-order valence-corrected chi connectivity index (χ1v) is 9.34. The number of benzene rings is 1. The molecule has 5 rings (SSSR count). The van der Waals surface area contributed by atoms with Gasteiger partial charge in [0.15, 0.2) is 5.52 Å². The number of rotatable bonds is 3. The number of pyridine rings is 1. The van der Waals surface area contributed by atoms with Gasteiger partial charge in [0.2, 0.25) is 0 Å². The molecule has 0 fully saturated rings. The number of likely N-dealkylation sites (N-methyl/N-ethyl adjacent to an activating group) is 1. The molecule has 7 heteroatoms. The third kappa shape index (κ3) is 3.04. The van der Waals surface area contributed by atoms with Gasteiger partial charge in [-0.1, -0.05) is 30.4 Å². The predicted molar refractivity (Wildman–Crippen MR) is 110 cm³/mol. The van der Waals surface area contributed by atoms with E-state index in [1.807, 2.05) is 36.5 Å². The molecule has 2 aliphatic rings. The second-order valence-electron chi connectivity index (χ2n) is 7.25. The van der Waals surface area contributed by atoms with Crippen LogP contribution in [0.5, 0.6) is 0 Å². The molecule has 0 amide bonds. The number of aliphatic imine (C=N–C) groups is 1. The first-order chi connectivity index (χ1) is 14.1. The van der Waals surface area contributed by atoms with Crippen molar-refractivity contribution in [2.24, 2.45) is 4.99 Å². The van der Waals surface area contributed by atoms with Crippen LogP contribution in [0.15, 0.2) is 70.9 Å². The average Bonchev–Trinajstić information content (AvgIpc) is 3.12. The Balaban J connectivity index is 1.44. The van der Waals surface area contributed by atoms with Crippen molar-refractivity contribution < 1.29 is 4.39 Å². The molecule has 1 aromatic carbocycles. The summed E-state index contributed by atoms with van der Waals surface area (Å²) >= 11 is 0. The van der Waals surface area contributed by atoms with E-state index in [1.165, 1.54) is 17.0 Å². The van der Waals surface area contributed by atoms with Crippen LogP contribution in [-0.4, -0.2) is 44.9 Å². The summed E-state index contributed by atoms with van der Waals surface area (Å²) in [6, 6.07) is 8.84. The fraction of sp³-hybridized carbons (Fsp3) is 0.182. The van der Waals surface area contributed by atoms with Crippen LogP contribution >= 0.6 is 0 Å². The Labute approximate surface area is 166 Å². The van der Waals surface area contributed by atoms with E-state index < -0.39 is 0 Å². The van der Waals surface area contributed by atoms with Crippen LogP contribution in [0.3, 0.4) is 0 Å². The first-order valence-electron chi connectivity index (χ1n) is 9.34. The molecular formula is C22H18FN5O. The Hall–Kier alpha value is -3.61. The maximum absolute atomic E-state index is 14.8. The molecule has 0 radical (unpaired) electrons. The minimum Gasteiger partial charge on any atom is -0.357 e. The molecule has 0 saturated carbocycles. The van der Waals surface area contributed by atoms with Crippen molar-refractivity contribution in [3.05, 3.63) is 88.4 Å². The lowest BCUT2D eigenvalue weighted by Gasteiger charge is -2.24. The molecule has 0 saturated heterocycles. The smallest absolute Gasteiger partial charge is 0.280 e. The Morgan fingerprint density at radius 2 is 2.10 bits per heavy atom. The lowest BCUT2D eigenvalue weighted by atomic mass is 9.93. The summed E-state index contributed by atoms with van der Waals surface area (Å²) in [6.07, 6.45) is 10.9. The molecule has 29 heavy (non-hydrogen) atoms. The number of hydrogen-bond donors (Lipinski definition) is 0. The summed E-state index contributed by atoms with van der Waals surface area (Å²) < 4.78 is 16.2. The Bertz CT molecular complexity index is 1260. The largest absolute Gasteiger partial charge is 0.357 e. The first kappa shape index (κ1) is 17.5. The van der Waals surface area contributed by atoms with Crippen molar-refractivity contribution in [2.45, 2.75) is 18.6 Å². The molecule has 2 aromatic heterocycles. The molecule has 0 N–H and O–H groups in total. The van der Waals surface area contributed by atoms with Gasteiger partial charge in [-0.2, -0.15) is 0 Å². The van der Waals surface area contributed by atoms with Gasteiger partial charge in [-0.3, -0.25) is 14.4 Å². The number of halogens is 1. The lowest BCUT2D eigenvalue weighted by Crippen LogP contribution is -2.32. The van der Waals surface area contributed by atoms with E-state index in [-0.39, 0.29) is 35.5 Å². The van der Waals surface area contributed by atoms with E-state index in [2.05, 4.69) is 21.0 Å². The molecular weight excluding hydrogens is 369 g/mol. The molecule has 2 atom stereocenters. The van der Waals surface area contributed by atoms with Crippen LogP contribution in [0.2, 0.25) is 0 Å². The second-order valence-corrected chi connectivity index (χ2v) is 7.25. The summed E-state index contributed by atoms with van der Waals surface area (Å²) in [7, 11) is 1.98. The Morgan fingerprint density at radius 1 is 1.21 bits per heavy atom. The zero-order valence-electron chi connectivity index (χ0n) is 15.7. The van der Waals surface area contributed by atoms with Crippen molar-refractivity contribution in [1.82, 2.24) is 19.4 Å². The molecule has 0 bridgehead atoms. The maximum atomic E-state index is 14.8. The van der Waals surface area contributed by atoms with Gasteiger partial charge in [0, 0.05) is 18.8 Å². The highest BCUT2D eigenvalue weighted by Gasteiger charge is 2.27. The van der Waals surface area contributed by atoms with Gasteiger partial charge in [-0.05, 0) is 29.3 Å². The van der Waals surface area contributed by atoms with Crippen LogP contribution in [0, 0.1) is 5.82 Å². The van der Waals surface area contributed by atoms with Crippen molar-refractivity contribution in [2.75, 3.05) is 7.05 Å². The number of hydrogen-bond acceptors (Lipinski definition) is 5. The van der Waals surface area contributed by atoms with Crippen LogP contribution in [0.1, 0.15) is 11.1 Å². The van der Waals surface area contributed by atoms with Crippen LogP contribution in [0.4, 0.5) is 4.39 Å². The van der Waals surface area contributed by atoms with Gasteiger partial charge in [0.25, 0.3) is 5.56 Å². The molecule has 6 nitrogen and oxygen atoms in total. The normalized spacial score (nSPS) is 20.2. The van der Waals surface area contributed by atoms with E-state index in [0.29, 0.717) is 11.1 Å². The summed E-state index contributed by atoms with van der Waals surface area (Å²) in [5.74, 6) is -0.358. The zero-order valence-corrected chi connectivity index (χ0v) is 15.7. The van der Waals surface area contributed by atoms with Crippen molar-refractivity contribution in [1.29, 1.82) is 0 Å². The van der Waals surface area contributed by atoms with Crippen molar-refractivity contribution in [3.8, 4) is 0 Å². The SMILES string of the molecule is CN1C=NC2C=CC(c3ccc(Cn4cnc5cccnc5c4=O)c(F)c3)=CC21. The van der Waals surface area contributed by atoms with Crippen LogP contribution in [0.25, 0.3) is 16.6 Å². The van der Waals surface area contributed by atoms with E-state index in [4.69, 9.17) is 0 Å². The van der Waals surface area contributed by atoms with Crippen LogP contribution < -0.4 is 5.56 Å². The molecule has 1 aliphatic heterocycles. The highest BCUT2D eigenvalue weighted by atomic mass is 19.1. The molecule has 144 valence electrons. The van der Waals surface area contributed by atoms with Crippen molar-refractivity contribution in [3.63, 3.8) is 0 Å². The standard InChI is InChI=1S/C22H18FN5O/c1-27-12-25-18-7-6-15(10-20(18)27)14-4-5-16(17(23)9-14)11-28-13-26-19-3-2-8-24-21(19)22(28)29/h2-10,12-13,18,20H,11H2,1H3. The third-order valence-corrected chi connectivity index (χ3v) is 5.38.